The average Bonchev–Trinajstić information content (AvgIpc) is 2.72. The van der Waals surface area contributed by atoms with Gasteiger partial charge in [0.05, 0.1) is 13.5 Å². The summed E-state index contributed by atoms with van der Waals surface area (Å²) < 4.78 is 18.8. The zero-order valence-electron chi connectivity index (χ0n) is 14.8. The van der Waals surface area contributed by atoms with E-state index < -0.39 is 5.82 Å². The lowest BCUT2D eigenvalue weighted by molar-refractivity contribution is -0.132. The van der Waals surface area contributed by atoms with Crippen LogP contribution in [-0.2, 0) is 17.8 Å². The van der Waals surface area contributed by atoms with Crippen LogP contribution in [0.5, 0.6) is 5.75 Å². The van der Waals surface area contributed by atoms with Crippen LogP contribution in [0.15, 0.2) is 42.5 Å². The molecule has 5 heteroatoms. The molecule has 0 aliphatic carbocycles. The van der Waals surface area contributed by atoms with Crippen LogP contribution in [0.2, 0.25) is 0 Å². The maximum atomic E-state index is 13.9. The number of rotatable bonds is 3. The maximum Gasteiger partial charge on any atom is 0.227 e. The molecule has 25 heavy (non-hydrogen) atoms. The molecule has 0 N–H and O–H groups in total. The minimum absolute atomic E-state index is 0.00201. The Morgan fingerprint density at radius 2 is 2.04 bits per heavy atom. The van der Waals surface area contributed by atoms with Crippen LogP contribution in [0.25, 0.3) is 0 Å². The van der Waals surface area contributed by atoms with E-state index in [-0.39, 0.29) is 24.1 Å². The van der Waals surface area contributed by atoms with E-state index in [4.69, 9.17) is 4.74 Å². The Morgan fingerprint density at radius 1 is 1.28 bits per heavy atom. The van der Waals surface area contributed by atoms with Gasteiger partial charge in [-0.1, -0.05) is 24.3 Å². The number of carbonyl (C=O) groups is 1. The highest BCUT2D eigenvalue weighted by atomic mass is 19.1. The van der Waals surface area contributed by atoms with E-state index in [1.807, 2.05) is 24.1 Å². The Morgan fingerprint density at radius 3 is 2.76 bits per heavy atom. The van der Waals surface area contributed by atoms with Crippen molar-refractivity contribution in [2.24, 2.45) is 0 Å². The van der Waals surface area contributed by atoms with Crippen molar-refractivity contribution in [2.75, 3.05) is 25.6 Å². The van der Waals surface area contributed by atoms with Gasteiger partial charge in [0.15, 0.2) is 11.6 Å². The molecular weight excluding hydrogens is 319 g/mol. The summed E-state index contributed by atoms with van der Waals surface area (Å²) in [5.41, 5.74) is 2.94. The Labute approximate surface area is 147 Å². The first kappa shape index (κ1) is 17.3. The molecule has 2 aromatic rings. The zero-order chi connectivity index (χ0) is 18.0. The molecule has 3 rings (SSSR count). The van der Waals surface area contributed by atoms with Gasteiger partial charge in [-0.15, -0.1) is 0 Å². The number of hydrogen-bond donors (Lipinski definition) is 0. The summed E-state index contributed by atoms with van der Waals surface area (Å²) >= 11 is 0. The molecule has 0 saturated heterocycles. The summed E-state index contributed by atoms with van der Waals surface area (Å²) in [6, 6.07) is 12.9. The predicted molar refractivity (Wildman–Crippen MR) is 96.4 cm³/mol. The number of likely N-dealkylation sites (N-methyl/N-ethyl adjacent to an activating group) is 1. The summed E-state index contributed by atoms with van der Waals surface area (Å²) in [6.45, 7) is 3.38. The number of halogens is 1. The molecule has 1 amide bonds. The normalized spacial score (nSPS) is 17.0. The highest BCUT2D eigenvalue weighted by molar-refractivity contribution is 5.79. The molecule has 0 bridgehead atoms. The smallest absolute Gasteiger partial charge is 0.227 e. The van der Waals surface area contributed by atoms with E-state index >= 15 is 0 Å². The fraction of sp³-hybridized carbons (Fsp3) is 0.350. The summed E-state index contributed by atoms with van der Waals surface area (Å²) in [6.07, 6.45) is 0.178. The number of amides is 1. The first-order valence-corrected chi connectivity index (χ1v) is 8.40. The predicted octanol–water partition coefficient (Wildman–Crippen LogP) is 3.24. The van der Waals surface area contributed by atoms with Gasteiger partial charge in [0.2, 0.25) is 5.91 Å². The molecule has 132 valence electrons. The van der Waals surface area contributed by atoms with Crippen molar-refractivity contribution >= 4 is 11.6 Å². The molecule has 1 atom stereocenters. The standard InChI is InChI=1S/C20H23FN2O2/c1-14-12-22(2)18-7-5-4-6-16(18)13-23(14)20(24)11-15-8-9-19(25-3)17(21)10-15/h4-10,14H,11-13H2,1-3H3/t14-/m1/s1. The molecule has 0 saturated carbocycles. The minimum atomic E-state index is -0.443. The molecule has 1 heterocycles. The van der Waals surface area contributed by atoms with Gasteiger partial charge in [0.1, 0.15) is 0 Å². The topological polar surface area (TPSA) is 32.8 Å². The first-order valence-electron chi connectivity index (χ1n) is 8.40. The van der Waals surface area contributed by atoms with E-state index in [1.165, 1.54) is 13.2 Å². The molecule has 1 aliphatic heterocycles. The van der Waals surface area contributed by atoms with Gasteiger partial charge >= 0.3 is 0 Å². The number of methoxy groups -OCH3 is 1. The fourth-order valence-electron chi connectivity index (χ4n) is 3.38. The van der Waals surface area contributed by atoms with Crippen molar-refractivity contribution in [3.63, 3.8) is 0 Å². The van der Waals surface area contributed by atoms with Crippen molar-refractivity contribution in [1.29, 1.82) is 0 Å². The van der Waals surface area contributed by atoms with Crippen molar-refractivity contribution in [3.05, 3.63) is 59.4 Å². The number of carbonyl (C=O) groups excluding carboxylic acids is 1. The molecule has 0 radical (unpaired) electrons. The number of fused-ring (bicyclic) bond motifs is 1. The van der Waals surface area contributed by atoms with Crippen molar-refractivity contribution in [1.82, 2.24) is 4.90 Å². The highest BCUT2D eigenvalue weighted by Gasteiger charge is 2.26. The minimum Gasteiger partial charge on any atom is -0.494 e. The largest absolute Gasteiger partial charge is 0.494 e. The second-order valence-corrected chi connectivity index (χ2v) is 6.53. The van der Waals surface area contributed by atoms with Crippen LogP contribution < -0.4 is 9.64 Å². The van der Waals surface area contributed by atoms with Gasteiger partial charge < -0.3 is 14.5 Å². The maximum absolute atomic E-state index is 13.9. The summed E-state index contributed by atoms with van der Waals surface area (Å²) in [5.74, 6) is -0.251. The molecule has 0 fully saturated rings. The third-order valence-corrected chi connectivity index (χ3v) is 4.71. The summed E-state index contributed by atoms with van der Waals surface area (Å²) in [7, 11) is 3.47. The van der Waals surface area contributed by atoms with Gasteiger partial charge in [0, 0.05) is 31.9 Å². The van der Waals surface area contributed by atoms with Gasteiger partial charge in [-0.3, -0.25) is 4.79 Å². The lowest BCUT2D eigenvalue weighted by Crippen LogP contribution is -2.42. The van der Waals surface area contributed by atoms with Crippen LogP contribution >= 0.6 is 0 Å². The third-order valence-electron chi connectivity index (χ3n) is 4.71. The zero-order valence-corrected chi connectivity index (χ0v) is 14.8. The van der Waals surface area contributed by atoms with Crippen molar-refractivity contribution in [3.8, 4) is 5.75 Å². The van der Waals surface area contributed by atoms with Crippen molar-refractivity contribution in [2.45, 2.75) is 25.9 Å². The van der Waals surface area contributed by atoms with Gasteiger partial charge in [-0.25, -0.2) is 4.39 Å². The van der Waals surface area contributed by atoms with Crippen LogP contribution in [-0.4, -0.2) is 37.6 Å². The second-order valence-electron chi connectivity index (χ2n) is 6.53. The lowest BCUT2D eigenvalue weighted by atomic mass is 10.1. The van der Waals surface area contributed by atoms with E-state index in [9.17, 15) is 9.18 Å². The van der Waals surface area contributed by atoms with Crippen LogP contribution in [0.3, 0.4) is 0 Å². The van der Waals surface area contributed by atoms with Crippen LogP contribution in [0, 0.1) is 5.82 Å². The first-order chi connectivity index (χ1) is 12.0. The van der Waals surface area contributed by atoms with Gasteiger partial charge in [-0.05, 0) is 36.2 Å². The molecule has 4 nitrogen and oxygen atoms in total. The average molecular weight is 342 g/mol. The Kier molecular flexibility index (Phi) is 4.93. The molecule has 0 spiro atoms. The summed E-state index contributed by atoms with van der Waals surface area (Å²) in [5, 5.41) is 0. The number of nitrogens with zero attached hydrogens (tertiary/aromatic N) is 2. The Balaban J connectivity index is 1.80. The lowest BCUT2D eigenvalue weighted by Gasteiger charge is -2.28. The number of hydrogen-bond acceptors (Lipinski definition) is 3. The van der Waals surface area contributed by atoms with Crippen LogP contribution in [0.4, 0.5) is 10.1 Å². The highest BCUT2D eigenvalue weighted by Crippen LogP contribution is 2.26. The summed E-state index contributed by atoms with van der Waals surface area (Å²) in [4.78, 5) is 16.9. The molecule has 2 aromatic carbocycles. The SMILES string of the molecule is COc1ccc(CC(=O)N2Cc3ccccc3N(C)C[C@H]2C)cc1F. The van der Waals surface area contributed by atoms with Crippen molar-refractivity contribution < 1.29 is 13.9 Å². The van der Waals surface area contributed by atoms with E-state index in [0.717, 1.165) is 17.8 Å². The van der Waals surface area contributed by atoms with E-state index in [2.05, 4.69) is 24.0 Å². The quantitative estimate of drug-likeness (QED) is 0.858. The molecule has 0 unspecified atom stereocenters. The van der Waals surface area contributed by atoms with Crippen LogP contribution in [0.1, 0.15) is 18.1 Å². The number of para-hydroxylation sites is 1. The van der Waals surface area contributed by atoms with Gasteiger partial charge in [0.25, 0.3) is 0 Å². The second kappa shape index (κ2) is 7.13. The third kappa shape index (κ3) is 3.60. The molecule has 0 aromatic heterocycles. The Bertz CT molecular complexity index is 778. The van der Waals surface area contributed by atoms with E-state index in [0.29, 0.717) is 12.1 Å². The monoisotopic (exact) mass is 342 g/mol. The van der Waals surface area contributed by atoms with E-state index in [1.54, 1.807) is 12.1 Å². The van der Waals surface area contributed by atoms with Gasteiger partial charge in [-0.2, -0.15) is 0 Å². The number of benzene rings is 2. The number of ether oxygens (including phenoxy) is 1. The molecular formula is C20H23FN2O2. The molecule has 1 aliphatic rings. The number of anilines is 1. The Hall–Kier alpha value is -2.56. The fourth-order valence-corrected chi connectivity index (χ4v) is 3.38.